The van der Waals surface area contributed by atoms with Gasteiger partial charge in [-0.25, -0.2) is 0 Å². The number of carbonyl (C=O) groups excluding carboxylic acids is 1. The number of ether oxygens (including phenoxy) is 1. The molecule has 114 valence electrons. The van der Waals surface area contributed by atoms with Gasteiger partial charge in [0.15, 0.2) is 0 Å². The van der Waals surface area contributed by atoms with Gasteiger partial charge in [0.05, 0.1) is 6.61 Å². The quantitative estimate of drug-likeness (QED) is 0.813. The molecule has 5 heteroatoms. The van der Waals surface area contributed by atoms with Crippen LogP contribution in [-0.2, 0) is 0 Å². The topological polar surface area (TPSA) is 64.3 Å². The third-order valence-corrected chi connectivity index (χ3v) is 2.56. The predicted molar refractivity (Wildman–Crippen MR) is 84.6 cm³/mol. The number of amides is 1. The number of nitrogens with one attached hydrogen (secondary N) is 1. The molecule has 1 rings (SSSR count). The number of hydrogen-bond donors (Lipinski definition) is 2. The van der Waals surface area contributed by atoms with Crippen LogP contribution in [0.25, 0.3) is 0 Å². The fourth-order valence-corrected chi connectivity index (χ4v) is 1.51. The van der Waals surface area contributed by atoms with Crippen molar-refractivity contribution in [3.8, 4) is 5.75 Å². The average molecular weight is 301 g/mol. The summed E-state index contributed by atoms with van der Waals surface area (Å²) in [6.45, 7) is 7.34. The summed E-state index contributed by atoms with van der Waals surface area (Å²) >= 11 is 0. The van der Waals surface area contributed by atoms with Crippen molar-refractivity contribution in [2.75, 3.05) is 13.2 Å². The van der Waals surface area contributed by atoms with Crippen molar-refractivity contribution in [3.63, 3.8) is 0 Å². The Hall–Kier alpha value is -1.26. The summed E-state index contributed by atoms with van der Waals surface area (Å²) in [5.74, 6) is 1.10. The van der Waals surface area contributed by atoms with Gasteiger partial charge in [-0.15, -0.1) is 12.4 Å². The highest BCUT2D eigenvalue weighted by Gasteiger charge is 2.07. The third-order valence-electron chi connectivity index (χ3n) is 2.56. The van der Waals surface area contributed by atoms with E-state index in [4.69, 9.17) is 10.5 Å². The van der Waals surface area contributed by atoms with Crippen LogP contribution in [0.5, 0.6) is 5.75 Å². The molecule has 3 N–H and O–H groups in total. The zero-order valence-corrected chi connectivity index (χ0v) is 13.2. The third kappa shape index (κ3) is 7.36. The van der Waals surface area contributed by atoms with Crippen LogP contribution in [0.2, 0.25) is 0 Å². The van der Waals surface area contributed by atoms with Crippen LogP contribution in [0.3, 0.4) is 0 Å². The van der Waals surface area contributed by atoms with E-state index in [9.17, 15) is 4.79 Å². The summed E-state index contributed by atoms with van der Waals surface area (Å²) in [7, 11) is 0. The van der Waals surface area contributed by atoms with E-state index in [1.54, 1.807) is 12.1 Å². The molecule has 0 radical (unpaired) electrons. The van der Waals surface area contributed by atoms with E-state index in [2.05, 4.69) is 19.2 Å². The summed E-state index contributed by atoms with van der Waals surface area (Å²) in [6.07, 6.45) is 0.773. The zero-order chi connectivity index (χ0) is 14.3. The molecular formula is C15H25ClN2O2. The second-order valence-corrected chi connectivity index (χ2v) is 5.25. The Morgan fingerprint density at radius 1 is 1.35 bits per heavy atom. The fraction of sp³-hybridized carbons (Fsp3) is 0.533. The molecule has 0 spiro atoms. The number of benzene rings is 1. The maximum atomic E-state index is 11.9. The van der Waals surface area contributed by atoms with Crippen LogP contribution in [0.4, 0.5) is 0 Å². The van der Waals surface area contributed by atoms with Gasteiger partial charge < -0.3 is 15.8 Å². The largest absolute Gasteiger partial charge is 0.493 e. The van der Waals surface area contributed by atoms with Crippen molar-refractivity contribution < 1.29 is 9.53 Å². The minimum atomic E-state index is -0.0874. The second kappa shape index (κ2) is 9.61. The first-order valence-corrected chi connectivity index (χ1v) is 6.75. The molecule has 20 heavy (non-hydrogen) atoms. The summed E-state index contributed by atoms with van der Waals surface area (Å²) in [6, 6.07) is 7.34. The Balaban J connectivity index is 0.00000361. The van der Waals surface area contributed by atoms with Crippen LogP contribution in [0.1, 0.15) is 37.6 Å². The molecule has 4 nitrogen and oxygen atoms in total. The average Bonchev–Trinajstić information content (AvgIpc) is 2.36. The van der Waals surface area contributed by atoms with Crippen LogP contribution >= 0.6 is 12.4 Å². The van der Waals surface area contributed by atoms with E-state index in [0.29, 0.717) is 24.6 Å². The van der Waals surface area contributed by atoms with Crippen LogP contribution in [0, 0.1) is 5.92 Å². The Labute approximate surface area is 127 Å². The summed E-state index contributed by atoms with van der Waals surface area (Å²) in [4.78, 5) is 11.9. The van der Waals surface area contributed by atoms with Crippen molar-refractivity contribution in [1.29, 1.82) is 0 Å². The van der Waals surface area contributed by atoms with E-state index in [1.807, 2.05) is 19.1 Å². The van der Waals surface area contributed by atoms with Crippen molar-refractivity contribution in [2.45, 2.75) is 33.2 Å². The first-order chi connectivity index (χ1) is 8.99. The Morgan fingerprint density at radius 3 is 2.65 bits per heavy atom. The number of nitrogens with two attached hydrogens (primary N) is 1. The van der Waals surface area contributed by atoms with E-state index in [-0.39, 0.29) is 24.4 Å². The molecule has 1 aromatic rings. The van der Waals surface area contributed by atoms with Crippen LogP contribution in [0.15, 0.2) is 24.3 Å². The van der Waals surface area contributed by atoms with E-state index < -0.39 is 0 Å². The Morgan fingerprint density at radius 2 is 2.05 bits per heavy atom. The molecule has 0 heterocycles. The van der Waals surface area contributed by atoms with Crippen LogP contribution < -0.4 is 15.8 Å². The monoisotopic (exact) mass is 300 g/mol. The van der Waals surface area contributed by atoms with Crippen molar-refractivity contribution >= 4 is 18.3 Å². The Bertz CT molecular complexity index is 409. The molecule has 0 fully saturated rings. The maximum Gasteiger partial charge on any atom is 0.251 e. The highest BCUT2D eigenvalue weighted by molar-refractivity contribution is 5.94. The first kappa shape index (κ1) is 18.7. The molecule has 1 aromatic carbocycles. The van der Waals surface area contributed by atoms with Gasteiger partial charge in [-0.1, -0.05) is 19.9 Å². The van der Waals surface area contributed by atoms with Gasteiger partial charge in [-0.2, -0.15) is 0 Å². The van der Waals surface area contributed by atoms with Gasteiger partial charge in [-0.05, 0) is 37.5 Å². The lowest BCUT2D eigenvalue weighted by Gasteiger charge is -2.10. The lowest BCUT2D eigenvalue weighted by molar-refractivity contribution is 0.0952. The predicted octanol–water partition coefficient (Wildman–Crippen LogP) is 2.61. The number of hydrogen-bond acceptors (Lipinski definition) is 3. The molecule has 0 bridgehead atoms. The van der Waals surface area contributed by atoms with E-state index >= 15 is 0 Å². The van der Waals surface area contributed by atoms with E-state index in [0.717, 1.165) is 12.2 Å². The van der Waals surface area contributed by atoms with Gasteiger partial charge in [-0.3, -0.25) is 4.79 Å². The SMILES string of the molecule is CC(C)COc1cccc(C(=O)NCCC(C)N)c1.Cl. The first-order valence-electron chi connectivity index (χ1n) is 6.75. The van der Waals surface area contributed by atoms with E-state index in [1.165, 1.54) is 0 Å². The number of halogens is 1. The van der Waals surface area contributed by atoms with Crippen molar-refractivity contribution in [1.82, 2.24) is 5.32 Å². The smallest absolute Gasteiger partial charge is 0.251 e. The molecule has 1 amide bonds. The molecule has 0 aliphatic rings. The fourth-order valence-electron chi connectivity index (χ4n) is 1.51. The molecule has 1 unspecified atom stereocenters. The minimum Gasteiger partial charge on any atom is -0.493 e. The number of rotatable bonds is 7. The maximum absolute atomic E-state index is 11.9. The molecule has 0 aromatic heterocycles. The molecular weight excluding hydrogens is 276 g/mol. The van der Waals surface area contributed by atoms with Crippen molar-refractivity contribution in [2.24, 2.45) is 11.7 Å². The molecule has 0 saturated heterocycles. The molecule has 0 saturated carbocycles. The van der Waals surface area contributed by atoms with Gasteiger partial charge in [0.1, 0.15) is 5.75 Å². The van der Waals surface area contributed by atoms with Gasteiger partial charge in [0, 0.05) is 18.2 Å². The van der Waals surface area contributed by atoms with Gasteiger partial charge >= 0.3 is 0 Å². The van der Waals surface area contributed by atoms with Gasteiger partial charge in [0.2, 0.25) is 0 Å². The van der Waals surface area contributed by atoms with Crippen molar-refractivity contribution in [3.05, 3.63) is 29.8 Å². The van der Waals surface area contributed by atoms with Crippen LogP contribution in [-0.4, -0.2) is 25.1 Å². The molecule has 1 atom stereocenters. The van der Waals surface area contributed by atoms with Gasteiger partial charge in [0.25, 0.3) is 5.91 Å². The summed E-state index contributed by atoms with van der Waals surface area (Å²) < 4.78 is 5.60. The Kier molecular flexibility index (Phi) is 9.01. The lowest BCUT2D eigenvalue weighted by atomic mass is 10.2. The standard InChI is InChI=1S/C15H24N2O2.ClH/c1-11(2)10-19-14-6-4-5-13(9-14)15(18)17-8-7-12(3)16;/h4-6,9,11-12H,7-8,10,16H2,1-3H3,(H,17,18);1H. The second-order valence-electron chi connectivity index (χ2n) is 5.25. The lowest BCUT2D eigenvalue weighted by Crippen LogP contribution is -2.28. The molecule has 0 aliphatic heterocycles. The highest BCUT2D eigenvalue weighted by Crippen LogP contribution is 2.14. The highest BCUT2D eigenvalue weighted by atomic mass is 35.5. The summed E-state index contributed by atoms with van der Waals surface area (Å²) in [5, 5.41) is 2.85. The summed E-state index contributed by atoms with van der Waals surface area (Å²) in [5.41, 5.74) is 6.25. The number of carbonyl (C=O) groups is 1. The normalized spacial score (nSPS) is 11.7. The minimum absolute atomic E-state index is 0. The molecule has 0 aliphatic carbocycles. The zero-order valence-electron chi connectivity index (χ0n) is 12.4.